The standard InChI is InChI=1S/C25H26ClNO4/c1-15(2)16-5-7-17(8-6-16)22-21(23(28)18-9-11-19(26)12-10-18)24(29)25(30)27(22)14-20-4-3-13-31-20/h5-12,15,20,22,28H,3-4,13-14H2,1-2H3/t20-,22+/m0/s1. The largest absolute Gasteiger partial charge is 0.507 e. The van der Waals surface area contributed by atoms with Crippen molar-refractivity contribution in [3.05, 3.63) is 75.8 Å². The van der Waals surface area contributed by atoms with Crippen LogP contribution in [0.25, 0.3) is 5.76 Å². The molecule has 31 heavy (non-hydrogen) atoms. The fourth-order valence-corrected chi connectivity index (χ4v) is 4.38. The highest BCUT2D eigenvalue weighted by Crippen LogP contribution is 2.40. The van der Waals surface area contributed by atoms with E-state index >= 15 is 0 Å². The third-order valence-corrected chi connectivity index (χ3v) is 6.25. The number of likely N-dealkylation sites (tertiary alicyclic amines) is 1. The Morgan fingerprint density at radius 2 is 1.81 bits per heavy atom. The molecule has 1 N–H and O–H groups in total. The number of ether oxygens (including phenoxy) is 1. The van der Waals surface area contributed by atoms with Crippen LogP contribution < -0.4 is 0 Å². The van der Waals surface area contributed by atoms with Crippen molar-refractivity contribution >= 4 is 29.1 Å². The lowest BCUT2D eigenvalue weighted by atomic mass is 9.93. The molecule has 0 spiro atoms. The zero-order valence-corrected chi connectivity index (χ0v) is 18.4. The molecule has 2 heterocycles. The molecule has 2 aliphatic rings. The van der Waals surface area contributed by atoms with E-state index in [1.165, 1.54) is 0 Å². The van der Waals surface area contributed by atoms with Gasteiger partial charge in [0.2, 0.25) is 0 Å². The smallest absolute Gasteiger partial charge is 0.295 e. The summed E-state index contributed by atoms with van der Waals surface area (Å²) in [5.41, 5.74) is 2.50. The number of rotatable bonds is 5. The maximum absolute atomic E-state index is 13.1. The lowest BCUT2D eigenvalue weighted by molar-refractivity contribution is -0.140. The first-order chi connectivity index (χ1) is 14.9. The molecule has 1 amide bonds. The number of ketones is 1. The second-order valence-corrected chi connectivity index (χ2v) is 8.85. The molecule has 6 heteroatoms. The van der Waals surface area contributed by atoms with Gasteiger partial charge in [0.15, 0.2) is 0 Å². The van der Waals surface area contributed by atoms with E-state index in [1.807, 2.05) is 24.3 Å². The van der Waals surface area contributed by atoms with Crippen LogP contribution >= 0.6 is 11.6 Å². The van der Waals surface area contributed by atoms with Crippen molar-refractivity contribution in [1.29, 1.82) is 0 Å². The number of amides is 1. The van der Waals surface area contributed by atoms with Crippen LogP contribution in [0, 0.1) is 0 Å². The van der Waals surface area contributed by atoms with E-state index in [2.05, 4.69) is 13.8 Å². The van der Waals surface area contributed by atoms with Gasteiger partial charge in [-0.15, -0.1) is 0 Å². The summed E-state index contributed by atoms with van der Waals surface area (Å²) >= 11 is 5.97. The molecule has 2 fully saturated rings. The normalized spacial score (nSPS) is 23.2. The zero-order chi connectivity index (χ0) is 22.1. The Labute approximate surface area is 187 Å². The monoisotopic (exact) mass is 439 g/mol. The first-order valence-electron chi connectivity index (χ1n) is 10.6. The number of benzene rings is 2. The number of hydrogen-bond donors (Lipinski definition) is 1. The number of hydrogen-bond acceptors (Lipinski definition) is 4. The molecule has 0 aliphatic carbocycles. The number of nitrogens with zero attached hydrogens (tertiary/aromatic N) is 1. The molecule has 2 aromatic carbocycles. The number of carbonyl (C=O) groups is 2. The topological polar surface area (TPSA) is 66.8 Å². The van der Waals surface area contributed by atoms with Crippen LogP contribution in [0.4, 0.5) is 0 Å². The van der Waals surface area contributed by atoms with Crippen molar-refractivity contribution in [2.45, 2.75) is 44.8 Å². The van der Waals surface area contributed by atoms with Gasteiger partial charge in [-0.05, 0) is 54.2 Å². The Morgan fingerprint density at radius 3 is 2.39 bits per heavy atom. The van der Waals surface area contributed by atoms with Gasteiger partial charge in [-0.25, -0.2) is 0 Å². The molecule has 0 saturated carbocycles. The van der Waals surface area contributed by atoms with E-state index in [0.717, 1.165) is 24.0 Å². The molecular weight excluding hydrogens is 414 g/mol. The summed E-state index contributed by atoms with van der Waals surface area (Å²) < 4.78 is 5.73. The van der Waals surface area contributed by atoms with Gasteiger partial charge < -0.3 is 14.7 Å². The minimum Gasteiger partial charge on any atom is -0.507 e. The highest BCUT2D eigenvalue weighted by Gasteiger charge is 2.47. The van der Waals surface area contributed by atoms with E-state index < -0.39 is 17.7 Å². The quantitative estimate of drug-likeness (QED) is 0.401. The molecule has 5 nitrogen and oxygen atoms in total. The molecule has 2 aliphatic heterocycles. The minimum absolute atomic E-state index is 0.0996. The average molecular weight is 440 g/mol. The summed E-state index contributed by atoms with van der Waals surface area (Å²) in [7, 11) is 0. The molecule has 0 aromatic heterocycles. The summed E-state index contributed by atoms with van der Waals surface area (Å²) in [5.74, 6) is -1.11. The molecule has 0 bridgehead atoms. The highest BCUT2D eigenvalue weighted by molar-refractivity contribution is 6.46. The predicted octanol–water partition coefficient (Wildman–Crippen LogP) is 5.06. The number of aliphatic hydroxyl groups excluding tert-OH is 1. The van der Waals surface area contributed by atoms with Crippen molar-refractivity contribution in [2.24, 2.45) is 0 Å². The van der Waals surface area contributed by atoms with Gasteiger partial charge in [-0.2, -0.15) is 0 Å². The summed E-state index contributed by atoms with van der Waals surface area (Å²) in [6, 6.07) is 13.8. The van der Waals surface area contributed by atoms with Crippen LogP contribution in [0.15, 0.2) is 54.1 Å². The Kier molecular flexibility index (Phi) is 6.17. The molecular formula is C25H26ClNO4. The minimum atomic E-state index is -0.677. The lowest BCUT2D eigenvalue weighted by Crippen LogP contribution is -2.36. The Balaban J connectivity index is 1.80. The second-order valence-electron chi connectivity index (χ2n) is 8.41. The van der Waals surface area contributed by atoms with Gasteiger partial charge in [-0.1, -0.05) is 49.7 Å². The van der Waals surface area contributed by atoms with Crippen LogP contribution in [-0.4, -0.2) is 41.0 Å². The maximum Gasteiger partial charge on any atom is 0.295 e. The van der Waals surface area contributed by atoms with Crippen molar-refractivity contribution < 1.29 is 19.4 Å². The van der Waals surface area contributed by atoms with Crippen molar-refractivity contribution in [3.8, 4) is 0 Å². The van der Waals surface area contributed by atoms with Crippen LogP contribution in [0.2, 0.25) is 5.02 Å². The first-order valence-corrected chi connectivity index (χ1v) is 11.0. The van der Waals surface area contributed by atoms with E-state index in [9.17, 15) is 14.7 Å². The SMILES string of the molecule is CC(C)c1ccc([C@@H]2C(=C(O)c3ccc(Cl)cc3)C(=O)C(=O)N2C[C@@H]2CCCO2)cc1. The van der Waals surface area contributed by atoms with E-state index in [-0.39, 0.29) is 17.4 Å². The van der Waals surface area contributed by atoms with Gasteiger partial charge in [0.1, 0.15) is 5.76 Å². The maximum atomic E-state index is 13.1. The van der Waals surface area contributed by atoms with Crippen LogP contribution in [0.3, 0.4) is 0 Å². The van der Waals surface area contributed by atoms with Gasteiger partial charge >= 0.3 is 0 Å². The third kappa shape index (κ3) is 4.25. The Hall–Kier alpha value is -2.63. The summed E-state index contributed by atoms with van der Waals surface area (Å²) in [4.78, 5) is 27.6. The number of carbonyl (C=O) groups excluding carboxylic acids is 2. The molecule has 4 rings (SSSR count). The van der Waals surface area contributed by atoms with Gasteiger partial charge in [0.05, 0.1) is 17.7 Å². The van der Waals surface area contributed by atoms with E-state index in [4.69, 9.17) is 16.3 Å². The van der Waals surface area contributed by atoms with Crippen molar-refractivity contribution in [3.63, 3.8) is 0 Å². The summed E-state index contributed by atoms with van der Waals surface area (Å²) in [6.07, 6.45) is 1.68. The van der Waals surface area contributed by atoms with Crippen LogP contribution in [0.1, 0.15) is 55.3 Å². The number of halogens is 1. The molecule has 0 unspecified atom stereocenters. The number of Topliss-reactive ketones (excluding diaryl/α,β-unsaturated/α-hetero) is 1. The van der Waals surface area contributed by atoms with E-state index in [1.54, 1.807) is 29.2 Å². The second kappa shape index (κ2) is 8.85. The predicted molar refractivity (Wildman–Crippen MR) is 120 cm³/mol. The van der Waals surface area contributed by atoms with Gasteiger partial charge in [-0.3, -0.25) is 9.59 Å². The van der Waals surface area contributed by atoms with Crippen molar-refractivity contribution in [1.82, 2.24) is 4.90 Å². The van der Waals surface area contributed by atoms with Crippen molar-refractivity contribution in [2.75, 3.05) is 13.2 Å². The van der Waals surface area contributed by atoms with Crippen LogP contribution in [0.5, 0.6) is 0 Å². The Morgan fingerprint density at radius 1 is 1.13 bits per heavy atom. The van der Waals surface area contributed by atoms with Crippen LogP contribution in [-0.2, 0) is 14.3 Å². The van der Waals surface area contributed by atoms with Gasteiger partial charge in [0, 0.05) is 23.7 Å². The average Bonchev–Trinajstić information content (AvgIpc) is 3.36. The molecule has 162 valence electrons. The fraction of sp³-hybridized carbons (Fsp3) is 0.360. The zero-order valence-electron chi connectivity index (χ0n) is 17.7. The molecule has 2 aromatic rings. The highest BCUT2D eigenvalue weighted by atomic mass is 35.5. The lowest BCUT2D eigenvalue weighted by Gasteiger charge is -2.27. The molecule has 0 radical (unpaired) electrons. The molecule has 2 atom stereocenters. The number of aliphatic hydroxyl groups is 1. The first kappa shape index (κ1) is 21.6. The third-order valence-electron chi connectivity index (χ3n) is 6.00. The van der Waals surface area contributed by atoms with Gasteiger partial charge in [0.25, 0.3) is 11.7 Å². The summed E-state index contributed by atoms with van der Waals surface area (Å²) in [6.45, 7) is 5.20. The fourth-order valence-electron chi connectivity index (χ4n) is 4.25. The van der Waals surface area contributed by atoms with E-state index in [0.29, 0.717) is 29.7 Å². The summed E-state index contributed by atoms with van der Waals surface area (Å²) in [5, 5.41) is 11.6. The molecule has 2 saturated heterocycles. The Bertz CT molecular complexity index is 1000.